The van der Waals surface area contributed by atoms with Gasteiger partial charge in [0.1, 0.15) is 5.75 Å². The zero-order valence-electron chi connectivity index (χ0n) is 19.0. The Kier molecular flexibility index (Phi) is 7.14. The van der Waals surface area contributed by atoms with Gasteiger partial charge in [0.05, 0.1) is 33.6 Å². The van der Waals surface area contributed by atoms with Gasteiger partial charge in [0.25, 0.3) is 17.7 Å². The van der Waals surface area contributed by atoms with Gasteiger partial charge in [0, 0.05) is 5.56 Å². The number of nitrogens with one attached hydrogen (secondary N) is 2. The van der Waals surface area contributed by atoms with Gasteiger partial charge in [-0.25, -0.2) is 4.90 Å². The number of fused-ring (bicyclic) bond motifs is 1. The van der Waals surface area contributed by atoms with E-state index in [1.165, 1.54) is 6.07 Å². The Balaban J connectivity index is 1.43. The first-order valence-corrected chi connectivity index (χ1v) is 11.7. The number of ether oxygens (including phenoxy) is 1. The molecule has 3 aromatic rings. The molecule has 1 aliphatic heterocycles. The van der Waals surface area contributed by atoms with Gasteiger partial charge in [0.2, 0.25) is 0 Å². The van der Waals surface area contributed by atoms with Crippen molar-refractivity contribution in [1.82, 2.24) is 5.32 Å². The summed E-state index contributed by atoms with van der Waals surface area (Å²) >= 11 is 11.7. The van der Waals surface area contributed by atoms with Crippen LogP contribution in [0.25, 0.3) is 0 Å². The number of nitrogens with zero attached hydrogens (tertiary/aromatic N) is 1. The Morgan fingerprint density at radius 2 is 1.71 bits per heavy atom. The van der Waals surface area contributed by atoms with E-state index in [0.717, 1.165) is 11.3 Å². The number of hydrogen-bond acceptors (Lipinski definition) is 5. The second-order valence-electron chi connectivity index (χ2n) is 7.93. The van der Waals surface area contributed by atoms with Crippen molar-refractivity contribution in [2.24, 2.45) is 0 Å². The molecule has 7 nitrogen and oxygen atoms in total. The lowest BCUT2D eigenvalue weighted by Crippen LogP contribution is -2.34. The Hall–Kier alpha value is -3.75. The van der Waals surface area contributed by atoms with Gasteiger partial charge >= 0.3 is 0 Å². The summed E-state index contributed by atoms with van der Waals surface area (Å²) in [6.07, 6.45) is 0.873. The number of benzene rings is 3. The van der Waals surface area contributed by atoms with E-state index in [2.05, 4.69) is 10.6 Å². The van der Waals surface area contributed by atoms with Crippen LogP contribution in [0.15, 0.2) is 66.7 Å². The summed E-state index contributed by atoms with van der Waals surface area (Å²) in [5.41, 5.74) is 1.82. The fourth-order valence-electron chi connectivity index (χ4n) is 3.52. The van der Waals surface area contributed by atoms with Gasteiger partial charge < -0.3 is 10.1 Å². The fraction of sp³-hybridized carbons (Fsp3) is 0.154. The van der Waals surface area contributed by atoms with E-state index in [9.17, 15) is 14.4 Å². The maximum absolute atomic E-state index is 12.7. The predicted octanol–water partition coefficient (Wildman–Crippen LogP) is 5.44. The number of carbonyl (C=O) groups is 3. The van der Waals surface area contributed by atoms with Crippen molar-refractivity contribution in [2.75, 3.05) is 10.2 Å². The first-order chi connectivity index (χ1) is 16.8. The predicted molar refractivity (Wildman–Crippen MR) is 140 cm³/mol. The molecule has 0 radical (unpaired) electrons. The molecule has 0 aromatic heterocycles. The molecule has 1 heterocycles. The van der Waals surface area contributed by atoms with Crippen LogP contribution in [0.3, 0.4) is 0 Å². The SMILES string of the molecule is CCC(C)Oc1cccc(C(=O)NC(=S)Nc2ccc(N3C(=O)c4ccccc4C3=O)cc2Cl)c1. The largest absolute Gasteiger partial charge is 0.491 e. The molecule has 0 fully saturated rings. The molecule has 3 aromatic carbocycles. The molecule has 178 valence electrons. The molecule has 1 atom stereocenters. The second kappa shape index (κ2) is 10.2. The summed E-state index contributed by atoms with van der Waals surface area (Å²) < 4.78 is 5.76. The molecule has 35 heavy (non-hydrogen) atoms. The van der Waals surface area contributed by atoms with E-state index < -0.39 is 17.7 Å². The lowest BCUT2D eigenvalue weighted by Gasteiger charge is -2.17. The standard InChI is InChI=1S/C26H22ClN3O4S/c1-3-15(2)34-18-8-6-7-16(13-18)23(31)29-26(35)28-22-12-11-17(14-21(22)27)30-24(32)19-9-4-5-10-20(19)25(30)33/h4-15H,3H2,1-2H3,(H2,28,29,31,35). The minimum atomic E-state index is -0.412. The summed E-state index contributed by atoms with van der Waals surface area (Å²) in [5.74, 6) is -0.636. The van der Waals surface area contributed by atoms with E-state index in [1.807, 2.05) is 13.8 Å². The lowest BCUT2D eigenvalue weighted by molar-refractivity contribution is 0.0923. The molecule has 4 rings (SSSR count). The zero-order chi connectivity index (χ0) is 25.1. The van der Waals surface area contributed by atoms with Crippen molar-refractivity contribution in [3.8, 4) is 5.75 Å². The maximum atomic E-state index is 12.7. The third-order valence-corrected chi connectivity index (χ3v) is 6.01. The van der Waals surface area contributed by atoms with Gasteiger partial charge in [0.15, 0.2) is 5.11 Å². The average molecular weight is 508 g/mol. The van der Waals surface area contributed by atoms with E-state index in [0.29, 0.717) is 33.8 Å². The van der Waals surface area contributed by atoms with Crippen molar-refractivity contribution < 1.29 is 19.1 Å². The molecular formula is C26H22ClN3O4S. The molecule has 2 N–H and O–H groups in total. The average Bonchev–Trinajstić information content (AvgIpc) is 3.10. The smallest absolute Gasteiger partial charge is 0.266 e. The first-order valence-electron chi connectivity index (χ1n) is 10.9. The normalized spacial score (nSPS) is 13.3. The zero-order valence-corrected chi connectivity index (χ0v) is 20.6. The molecule has 3 amide bonds. The Labute approximate surface area is 213 Å². The quantitative estimate of drug-likeness (QED) is 0.341. The highest BCUT2D eigenvalue weighted by atomic mass is 35.5. The molecule has 0 spiro atoms. The number of rotatable bonds is 6. The second-order valence-corrected chi connectivity index (χ2v) is 8.74. The van der Waals surface area contributed by atoms with Gasteiger partial charge in [-0.2, -0.15) is 0 Å². The van der Waals surface area contributed by atoms with E-state index in [4.69, 9.17) is 28.6 Å². The molecule has 0 bridgehead atoms. The number of halogens is 1. The van der Waals surface area contributed by atoms with Crippen LogP contribution >= 0.6 is 23.8 Å². The highest BCUT2D eigenvalue weighted by Gasteiger charge is 2.36. The Morgan fingerprint density at radius 3 is 2.34 bits per heavy atom. The third kappa shape index (κ3) is 5.18. The number of carbonyl (C=O) groups excluding carboxylic acids is 3. The molecule has 1 aliphatic rings. The van der Waals surface area contributed by atoms with Gasteiger partial charge in [-0.1, -0.05) is 36.7 Å². The highest BCUT2D eigenvalue weighted by molar-refractivity contribution is 7.80. The van der Waals surface area contributed by atoms with Gasteiger partial charge in [-0.05, 0) is 74.1 Å². The summed E-state index contributed by atoms with van der Waals surface area (Å²) in [6, 6.07) is 18.1. The van der Waals surface area contributed by atoms with Crippen LogP contribution in [-0.2, 0) is 0 Å². The monoisotopic (exact) mass is 507 g/mol. The summed E-state index contributed by atoms with van der Waals surface area (Å²) in [4.78, 5) is 39.1. The number of thiocarbonyl (C=S) groups is 1. The van der Waals surface area contributed by atoms with Crippen LogP contribution in [0.5, 0.6) is 5.75 Å². The molecule has 9 heteroatoms. The van der Waals surface area contributed by atoms with Crippen LogP contribution in [0.2, 0.25) is 5.02 Å². The van der Waals surface area contributed by atoms with Crippen LogP contribution in [0.1, 0.15) is 51.3 Å². The highest BCUT2D eigenvalue weighted by Crippen LogP contribution is 2.32. The van der Waals surface area contributed by atoms with E-state index in [-0.39, 0.29) is 16.2 Å². The van der Waals surface area contributed by atoms with Crippen molar-refractivity contribution in [1.29, 1.82) is 0 Å². The minimum absolute atomic E-state index is 0.0291. The molecule has 0 saturated carbocycles. The van der Waals surface area contributed by atoms with E-state index >= 15 is 0 Å². The Morgan fingerprint density at radius 1 is 1.03 bits per heavy atom. The summed E-state index contributed by atoms with van der Waals surface area (Å²) in [5, 5.41) is 5.75. The van der Waals surface area contributed by atoms with Crippen molar-refractivity contribution in [3.05, 3.63) is 88.4 Å². The maximum Gasteiger partial charge on any atom is 0.266 e. The number of anilines is 2. The van der Waals surface area contributed by atoms with Crippen LogP contribution in [0, 0.1) is 0 Å². The van der Waals surface area contributed by atoms with Crippen LogP contribution < -0.4 is 20.3 Å². The molecule has 0 aliphatic carbocycles. The van der Waals surface area contributed by atoms with Crippen molar-refractivity contribution in [3.63, 3.8) is 0 Å². The minimum Gasteiger partial charge on any atom is -0.491 e. The number of hydrogen-bond donors (Lipinski definition) is 2. The first kappa shape index (κ1) is 24.4. The lowest BCUT2D eigenvalue weighted by atomic mass is 10.1. The number of imide groups is 1. The Bertz CT molecular complexity index is 1310. The molecule has 1 unspecified atom stereocenters. The van der Waals surface area contributed by atoms with Crippen molar-refractivity contribution >= 4 is 58.0 Å². The molecule has 0 saturated heterocycles. The number of amides is 3. The topological polar surface area (TPSA) is 87.7 Å². The van der Waals surface area contributed by atoms with Crippen molar-refractivity contribution in [2.45, 2.75) is 26.4 Å². The van der Waals surface area contributed by atoms with Gasteiger partial charge in [-0.3, -0.25) is 19.7 Å². The third-order valence-electron chi connectivity index (χ3n) is 5.49. The van der Waals surface area contributed by atoms with Gasteiger partial charge in [-0.15, -0.1) is 0 Å². The summed E-state index contributed by atoms with van der Waals surface area (Å²) in [7, 11) is 0. The van der Waals surface area contributed by atoms with Crippen LogP contribution in [-0.4, -0.2) is 28.9 Å². The van der Waals surface area contributed by atoms with E-state index in [1.54, 1.807) is 60.7 Å². The molecular weight excluding hydrogens is 486 g/mol. The summed E-state index contributed by atoms with van der Waals surface area (Å²) in [6.45, 7) is 3.97. The van der Waals surface area contributed by atoms with Crippen LogP contribution in [0.4, 0.5) is 11.4 Å². The fourth-order valence-corrected chi connectivity index (χ4v) is 3.95.